The van der Waals surface area contributed by atoms with Crippen LogP contribution in [0.25, 0.3) is 0 Å². The third kappa shape index (κ3) is 23.4. The molecule has 0 aliphatic carbocycles. The molecule has 3 aliphatic rings. The number of amides is 12. The molecule has 34 nitrogen and oxygen atoms in total. The molecule has 6 atom stereocenters. The molecule has 0 fully saturated rings. The highest BCUT2D eigenvalue weighted by Gasteiger charge is 2.42. The molecular formula is C76H74Cl6N12O22. The Hall–Kier alpha value is -11.9. The summed E-state index contributed by atoms with van der Waals surface area (Å²) in [6, 6.07) is 18.9. The van der Waals surface area contributed by atoms with Crippen LogP contribution in [0.3, 0.4) is 0 Å². The molecular weight excluding hydrogens is 1650 g/mol. The number of carbonyl (C=O) groups excluding carboxylic acids is 18. The minimum atomic E-state index is -1.42. The van der Waals surface area contributed by atoms with Crippen molar-refractivity contribution in [3.63, 3.8) is 0 Å². The number of fused-ring (bicyclic) bond motifs is 3. The van der Waals surface area contributed by atoms with E-state index in [9.17, 15) is 102 Å². The number of methoxy groups -OCH3 is 1. The molecule has 12 amide bonds. The average Bonchev–Trinajstić information content (AvgIpc) is 1.64. The molecule has 612 valence electrons. The first-order chi connectivity index (χ1) is 54.8. The Kier molecular flexibility index (Phi) is 32.6. The lowest BCUT2D eigenvalue weighted by Gasteiger charge is -2.25. The van der Waals surface area contributed by atoms with Gasteiger partial charge in [-0.1, -0.05) is 106 Å². The van der Waals surface area contributed by atoms with Gasteiger partial charge in [-0.25, -0.2) is 0 Å². The first-order valence-corrected chi connectivity index (χ1v) is 36.8. The molecule has 40 heteroatoms. The summed E-state index contributed by atoms with van der Waals surface area (Å²) in [6.07, 6.45) is 0.595. The smallest absolute Gasteiger partial charge is 0.252 e. The van der Waals surface area contributed by atoms with Crippen molar-refractivity contribution in [3.8, 4) is 17.2 Å². The quantitative estimate of drug-likeness (QED) is 0.0327. The molecule has 0 radical (unpaired) electrons. The number of halogens is 6. The molecule has 9 N–H and O–H groups in total. The molecule has 0 spiro atoms. The zero-order valence-corrected chi connectivity index (χ0v) is 66.7. The van der Waals surface area contributed by atoms with Crippen molar-refractivity contribution in [2.45, 2.75) is 90.1 Å². The van der Waals surface area contributed by atoms with Gasteiger partial charge in [0.2, 0.25) is 29.5 Å². The number of phenolic OH excluding ortho intramolecular Hbond substituents is 2. The second-order valence-electron chi connectivity index (χ2n) is 25.9. The molecule has 0 saturated heterocycles. The third-order valence-electron chi connectivity index (χ3n) is 17.3. The Morgan fingerprint density at radius 1 is 0.422 bits per heavy atom. The van der Waals surface area contributed by atoms with Crippen LogP contribution < -0.4 is 66.0 Å². The highest BCUT2D eigenvalue weighted by molar-refractivity contribution is 6.39. The van der Waals surface area contributed by atoms with Crippen molar-refractivity contribution in [2.24, 2.45) is 0 Å². The van der Waals surface area contributed by atoms with E-state index in [1.165, 1.54) is 81.9 Å². The lowest BCUT2D eigenvalue weighted by atomic mass is 10.1. The van der Waals surface area contributed by atoms with Crippen molar-refractivity contribution in [1.82, 2.24) is 31.9 Å². The monoisotopic (exact) mass is 1720 g/mol. The van der Waals surface area contributed by atoms with Crippen LogP contribution in [0.5, 0.6) is 17.2 Å². The summed E-state index contributed by atoms with van der Waals surface area (Å²) in [6.45, 7) is 2.89. The number of hydrogen-bond acceptors (Lipinski definition) is 22. The Morgan fingerprint density at radius 2 is 0.672 bits per heavy atom. The SMILES string of the molecule is CC(=O)C[C@@H](C=O)NC(=O)CN1C(=O)[C@@H](NC(=O)c2cc(Cl)c(O)c(Cl)c2)CN(C(=O)CO)c2ccccc21.CC(=O)C[C@@H](C=O)NC(=O)CN1C(=O)[C@@H](NC(=O)c2cc(Cl)c(O)c(Cl)c2)CN(C(C)=O)c2ccccc21.COc1c(Cl)cc(C(=O)N[C@H]2CN(C(C)=O)c3ccccc3N(CC(=O)N[C@H](C=O)CC(C)=O)C2=O)cc1Cl. The van der Waals surface area contributed by atoms with E-state index in [1.807, 2.05) is 0 Å². The molecule has 6 aromatic carbocycles. The number of aliphatic hydroxyl groups is 1. The highest BCUT2D eigenvalue weighted by atomic mass is 35.5. The lowest BCUT2D eigenvalue weighted by Crippen LogP contribution is -2.55. The Balaban J connectivity index is 0.000000241. The lowest BCUT2D eigenvalue weighted by molar-refractivity contribution is -0.127. The zero-order chi connectivity index (χ0) is 85.9. The van der Waals surface area contributed by atoms with E-state index >= 15 is 0 Å². The number of aromatic hydroxyl groups is 2. The number of ether oxygens (including phenoxy) is 1. The first kappa shape index (κ1) is 91.3. The summed E-state index contributed by atoms with van der Waals surface area (Å²) < 4.78 is 5.10. The van der Waals surface area contributed by atoms with Gasteiger partial charge in [-0.2, -0.15) is 0 Å². The summed E-state index contributed by atoms with van der Waals surface area (Å²) >= 11 is 36.0. The zero-order valence-electron chi connectivity index (χ0n) is 62.2. The number of phenols is 2. The van der Waals surface area contributed by atoms with Gasteiger partial charge in [0.15, 0.2) is 17.2 Å². The Bertz CT molecular complexity index is 4870. The summed E-state index contributed by atoms with van der Waals surface area (Å²) in [5.41, 5.74) is 1.33. The van der Waals surface area contributed by atoms with Crippen LogP contribution in [0.4, 0.5) is 34.1 Å². The second-order valence-corrected chi connectivity index (χ2v) is 28.4. The number of aliphatic hydroxyl groups excluding tert-OH is 1. The van der Waals surface area contributed by atoms with Crippen molar-refractivity contribution in [1.29, 1.82) is 0 Å². The number of nitrogens with zero attached hydrogens (tertiary/aromatic N) is 6. The minimum absolute atomic E-state index is 0.0390. The van der Waals surface area contributed by atoms with E-state index in [4.69, 9.17) is 74.3 Å². The minimum Gasteiger partial charge on any atom is -0.505 e. The van der Waals surface area contributed by atoms with Crippen LogP contribution in [0, 0.1) is 0 Å². The Morgan fingerprint density at radius 3 is 0.914 bits per heavy atom. The predicted molar refractivity (Wildman–Crippen MR) is 425 cm³/mol. The van der Waals surface area contributed by atoms with Crippen molar-refractivity contribution >= 4 is 211 Å². The number of para-hydroxylation sites is 6. The molecule has 3 aliphatic heterocycles. The Labute approximate surface area is 690 Å². The number of carbonyl (C=O) groups is 18. The van der Waals surface area contributed by atoms with Gasteiger partial charge in [-0.15, -0.1) is 0 Å². The number of anilines is 6. The maximum absolute atomic E-state index is 13.7. The maximum Gasteiger partial charge on any atom is 0.252 e. The number of aldehydes is 3. The van der Waals surface area contributed by atoms with Crippen LogP contribution >= 0.6 is 69.6 Å². The van der Waals surface area contributed by atoms with E-state index in [-0.39, 0.29) is 125 Å². The van der Waals surface area contributed by atoms with E-state index in [0.717, 1.165) is 43.9 Å². The van der Waals surface area contributed by atoms with E-state index in [1.54, 1.807) is 54.6 Å². The number of Topliss-reactive ketones (excluding diaryl/α,β-unsaturated/α-hetero) is 3. The molecule has 0 aromatic heterocycles. The summed E-state index contributed by atoms with van der Waals surface area (Å²) in [5, 5.41) is 43.3. The van der Waals surface area contributed by atoms with Gasteiger partial charge in [0, 0.05) is 49.8 Å². The fourth-order valence-corrected chi connectivity index (χ4v) is 13.6. The number of benzene rings is 6. The first-order valence-electron chi connectivity index (χ1n) is 34.6. The van der Waals surface area contributed by atoms with Gasteiger partial charge < -0.3 is 81.0 Å². The van der Waals surface area contributed by atoms with Crippen LogP contribution in [0.2, 0.25) is 30.1 Å². The molecule has 116 heavy (non-hydrogen) atoms. The number of rotatable bonds is 26. The van der Waals surface area contributed by atoms with Gasteiger partial charge in [0.05, 0.1) is 109 Å². The number of ketones is 3. The summed E-state index contributed by atoms with van der Waals surface area (Å²) in [5.74, 6) is -9.95. The normalized spacial score (nSPS) is 15.6. The van der Waals surface area contributed by atoms with E-state index in [0.29, 0.717) is 30.2 Å². The summed E-state index contributed by atoms with van der Waals surface area (Å²) in [4.78, 5) is 232. The van der Waals surface area contributed by atoms with Gasteiger partial charge in [0.25, 0.3) is 41.4 Å². The topological polar surface area (TPSA) is 469 Å². The average molecular weight is 1720 g/mol. The van der Waals surface area contributed by atoms with Gasteiger partial charge >= 0.3 is 0 Å². The predicted octanol–water partition coefficient (Wildman–Crippen LogP) is 4.86. The largest absolute Gasteiger partial charge is 0.505 e. The molecule has 6 aromatic rings. The van der Waals surface area contributed by atoms with Crippen LogP contribution in [0.15, 0.2) is 109 Å². The van der Waals surface area contributed by atoms with Crippen molar-refractivity contribution in [2.75, 3.05) is 82.4 Å². The van der Waals surface area contributed by atoms with Crippen LogP contribution in [0.1, 0.15) is 85.0 Å². The molecule has 0 saturated carbocycles. The fraction of sp³-hybridized carbons (Fsp3) is 0.289. The van der Waals surface area contributed by atoms with Gasteiger partial charge in [0.1, 0.15) is 80.6 Å². The van der Waals surface area contributed by atoms with E-state index < -0.39 is 151 Å². The van der Waals surface area contributed by atoms with E-state index in [2.05, 4.69) is 31.9 Å². The molecule has 3 heterocycles. The third-order valence-corrected chi connectivity index (χ3v) is 19.0. The van der Waals surface area contributed by atoms with Gasteiger partial charge in [-0.3, -0.25) is 86.6 Å². The summed E-state index contributed by atoms with van der Waals surface area (Å²) in [7, 11) is 1.37. The van der Waals surface area contributed by atoms with Crippen LogP contribution in [-0.2, 0) is 71.9 Å². The molecule has 9 rings (SSSR count). The van der Waals surface area contributed by atoms with Crippen molar-refractivity contribution in [3.05, 3.63) is 156 Å². The van der Waals surface area contributed by atoms with Crippen LogP contribution in [-0.4, -0.2) is 212 Å². The maximum atomic E-state index is 13.7. The number of nitrogens with one attached hydrogen (secondary N) is 6. The highest BCUT2D eigenvalue weighted by Crippen LogP contribution is 2.39. The standard InChI is InChI=1S/C26H26Cl2N4O7.C25H24Cl2N4O8.C25H24Cl2N4O7/c1-14(34)8-17(13-33)29-23(36)12-32-22-7-5-4-6-21(22)31(15(2)35)11-20(26(32)38)30-25(37)16-9-18(27)24(39-3)19(28)10-16;1-13(34)6-15(11-32)28-21(35)10-31-20-5-3-2-4-19(20)30(22(36)12-33)9-18(25(31)39)29-24(38)14-7-16(26)23(37)17(27)8-14;1-13(33)7-16(12-32)28-22(35)11-31-21-6-4-3-5-20(21)30(14(2)34)10-19(25(31)38)29-24(37)15-8-17(26)23(36)18(27)9-15/h4-7,9-10,13,17,20H,8,11-12H2,1-3H3,(H,29,36)(H,30,37);2-5,7-8,11,15,18,33,37H,6,9-10,12H2,1H3,(H,28,35)(H,29,38);3-6,8-9,12,16,19,36H,7,10-11H2,1-2H3,(H,28,35)(H,29,37)/t17-,20-;15-,18-;16-,19-/m000/s1. The fourth-order valence-electron chi connectivity index (χ4n) is 12.0. The molecule has 0 unspecified atom stereocenters. The van der Waals surface area contributed by atoms with Gasteiger partial charge in [-0.05, 0) is 93.6 Å². The second kappa shape index (κ2) is 41.4. The van der Waals surface area contributed by atoms with Crippen molar-refractivity contribution < 1.29 is 106 Å². The molecule has 0 bridgehead atoms. The number of hydrogen-bond donors (Lipinski definition) is 9.